The van der Waals surface area contributed by atoms with Gasteiger partial charge in [0.15, 0.2) is 0 Å². The molecule has 1 aliphatic rings. The molecule has 1 unspecified atom stereocenters. The predicted molar refractivity (Wildman–Crippen MR) is 114 cm³/mol. The van der Waals surface area contributed by atoms with E-state index in [-0.39, 0.29) is 12.0 Å². The van der Waals surface area contributed by atoms with E-state index < -0.39 is 0 Å². The summed E-state index contributed by atoms with van der Waals surface area (Å²) < 4.78 is 11.1. The molecule has 1 atom stereocenters. The van der Waals surface area contributed by atoms with E-state index in [9.17, 15) is 4.79 Å². The predicted octanol–water partition coefficient (Wildman–Crippen LogP) is 4.43. The van der Waals surface area contributed by atoms with Crippen LogP contribution in [0.3, 0.4) is 0 Å². The van der Waals surface area contributed by atoms with Crippen LogP contribution in [0.4, 0.5) is 5.82 Å². The smallest absolute Gasteiger partial charge is 0.334 e. The van der Waals surface area contributed by atoms with E-state index in [0.717, 1.165) is 51.9 Å². The molecule has 0 spiro atoms. The van der Waals surface area contributed by atoms with Gasteiger partial charge in [0.05, 0.1) is 12.5 Å². The van der Waals surface area contributed by atoms with Crippen LogP contribution in [-0.2, 0) is 4.79 Å². The highest BCUT2D eigenvalue weighted by molar-refractivity contribution is 7.16. The summed E-state index contributed by atoms with van der Waals surface area (Å²) in [5.74, 6) is 1.85. The van der Waals surface area contributed by atoms with E-state index in [0.29, 0.717) is 5.75 Å². The highest BCUT2D eigenvalue weighted by Crippen LogP contribution is 2.32. The number of carbonyl (C=O) groups is 1. The minimum atomic E-state index is -0.353. The fraction of sp³-hybridized carbons (Fsp3) is 0.227. The number of hydrogen-bond acceptors (Lipinski definition) is 7. The zero-order chi connectivity index (χ0) is 19.8. The number of aromatic nitrogens is 2. The van der Waals surface area contributed by atoms with E-state index in [1.54, 1.807) is 24.8 Å². The second-order valence-corrected chi connectivity index (χ2v) is 7.88. The maximum Gasteiger partial charge on any atom is 0.334 e. The maximum absolute atomic E-state index is 13.0. The third-order valence-electron chi connectivity index (χ3n) is 5.27. The van der Waals surface area contributed by atoms with Crippen molar-refractivity contribution in [2.75, 3.05) is 18.6 Å². The number of fused-ring (bicyclic) bond motifs is 2. The van der Waals surface area contributed by atoms with Gasteiger partial charge < -0.3 is 14.4 Å². The molecule has 0 aliphatic carbocycles. The Kier molecular flexibility index (Phi) is 4.52. The van der Waals surface area contributed by atoms with Gasteiger partial charge >= 0.3 is 5.97 Å². The highest BCUT2D eigenvalue weighted by atomic mass is 32.1. The van der Waals surface area contributed by atoms with Crippen molar-refractivity contribution in [2.24, 2.45) is 0 Å². The Hall–Kier alpha value is -3.19. The summed E-state index contributed by atoms with van der Waals surface area (Å²) in [6, 6.07) is 13.1. The summed E-state index contributed by atoms with van der Waals surface area (Å²) >= 11 is 1.57. The molecule has 1 fully saturated rings. The van der Waals surface area contributed by atoms with Crippen molar-refractivity contribution in [3.63, 3.8) is 0 Å². The second kappa shape index (κ2) is 7.33. The molecule has 0 saturated carbocycles. The molecule has 4 aromatic rings. The van der Waals surface area contributed by atoms with Crippen molar-refractivity contribution in [1.29, 1.82) is 0 Å². The van der Waals surface area contributed by atoms with Crippen LogP contribution in [0.5, 0.6) is 11.5 Å². The number of esters is 1. The Morgan fingerprint density at radius 2 is 1.93 bits per heavy atom. The zero-order valence-corrected chi connectivity index (χ0v) is 16.7. The SMILES string of the molecule is COc1ccc2ccc(OC(=O)C3CCCN3c3ncnc4sccc34)cc2c1. The van der Waals surface area contributed by atoms with Crippen molar-refractivity contribution in [3.05, 3.63) is 54.2 Å². The Bertz CT molecular complexity index is 1210. The van der Waals surface area contributed by atoms with E-state index in [1.807, 2.05) is 52.7 Å². The topological polar surface area (TPSA) is 64.6 Å². The summed E-state index contributed by atoms with van der Waals surface area (Å²) in [4.78, 5) is 24.7. The van der Waals surface area contributed by atoms with Crippen LogP contribution in [-0.4, -0.2) is 35.6 Å². The number of hydrogen-bond donors (Lipinski definition) is 0. The molecule has 2 aromatic heterocycles. The summed E-state index contributed by atoms with van der Waals surface area (Å²) in [5.41, 5.74) is 0. The summed E-state index contributed by atoms with van der Waals surface area (Å²) in [6.45, 7) is 0.774. The number of nitrogens with zero attached hydrogens (tertiary/aromatic N) is 3. The molecule has 1 aliphatic heterocycles. The van der Waals surface area contributed by atoms with Crippen LogP contribution in [0.15, 0.2) is 54.2 Å². The quantitative estimate of drug-likeness (QED) is 0.370. The molecular weight excluding hydrogens is 386 g/mol. The van der Waals surface area contributed by atoms with Crippen molar-refractivity contribution >= 4 is 44.1 Å². The first-order chi connectivity index (χ1) is 14.2. The first-order valence-corrected chi connectivity index (χ1v) is 10.4. The normalized spacial score (nSPS) is 16.4. The zero-order valence-electron chi connectivity index (χ0n) is 15.9. The molecule has 5 rings (SSSR count). The minimum absolute atomic E-state index is 0.258. The van der Waals surface area contributed by atoms with Gasteiger partial charge in [-0.25, -0.2) is 14.8 Å². The van der Waals surface area contributed by atoms with Gasteiger partial charge in [-0.2, -0.15) is 0 Å². The monoisotopic (exact) mass is 405 g/mol. The van der Waals surface area contributed by atoms with E-state index in [4.69, 9.17) is 9.47 Å². The molecule has 6 nitrogen and oxygen atoms in total. The molecule has 0 amide bonds. The van der Waals surface area contributed by atoms with Gasteiger partial charge in [-0.05, 0) is 59.3 Å². The van der Waals surface area contributed by atoms with Gasteiger partial charge in [0, 0.05) is 6.54 Å². The number of thiophene rings is 1. The van der Waals surface area contributed by atoms with Crippen LogP contribution in [0.1, 0.15) is 12.8 Å². The number of rotatable bonds is 4. The molecular formula is C22H19N3O3S. The first-order valence-electron chi connectivity index (χ1n) is 9.47. The molecule has 2 aromatic carbocycles. The largest absolute Gasteiger partial charge is 0.497 e. The van der Waals surface area contributed by atoms with Crippen LogP contribution < -0.4 is 14.4 Å². The van der Waals surface area contributed by atoms with Gasteiger partial charge in [0.2, 0.25) is 0 Å². The van der Waals surface area contributed by atoms with Gasteiger partial charge in [-0.1, -0.05) is 12.1 Å². The molecule has 7 heteroatoms. The van der Waals surface area contributed by atoms with Crippen molar-refractivity contribution < 1.29 is 14.3 Å². The van der Waals surface area contributed by atoms with Gasteiger partial charge in [-0.3, -0.25) is 0 Å². The molecule has 3 heterocycles. The average molecular weight is 405 g/mol. The van der Waals surface area contributed by atoms with E-state index in [2.05, 4.69) is 9.97 Å². The number of carbonyl (C=O) groups excluding carboxylic acids is 1. The lowest BCUT2D eigenvalue weighted by Crippen LogP contribution is -2.39. The Morgan fingerprint density at radius 3 is 2.79 bits per heavy atom. The van der Waals surface area contributed by atoms with Crippen LogP contribution in [0, 0.1) is 0 Å². The second-order valence-electron chi connectivity index (χ2n) is 6.98. The number of benzene rings is 2. The molecule has 29 heavy (non-hydrogen) atoms. The number of anilines is 1. The number of methoxy groups -OCH3 is 1. The third-order valence-corrected chi connectivity index (χ3v) is 6.10. The van der Waals surface area contributed by atoms with Crippen molar-refractivity contribution in [3.8, 4) is 11.5 Å². The van der Waals surface area contributed by atoms with Gasteiger partial charge in [0.25, 0.3) is 0 Å². The Labute approximate surface area is 171 Å². The first kappa shape index (κ1) is 17.9. The molecule has 0 bridgehead atoms. The van der Waals surface area contributed by atoms with Crippen molar-refractivity contribution in [2.45, 2.75) is 18.9 Å². The number of ether oxygens (including phenoxy) is 2. The Morgan fingerprint density at radius 1 is 1.10 bits per heavy atom. The van der Waals surface area contributed by atoms with Crippen LogP contribution in [0.25, 0.3) is 21.0 Å². The van der Waals surface area contributed by atoms with Gasteiger partial charge in [0.1, 0.15) is 34.5 Å². The molecule has 146 valence electrons. The fourth-order valence-corrected chi connectivity index (χ4v) is 4.58. The molecule has 0 N–H and O–H groups in total. The standard InChI is InChI=1S/C22H19N3O3S/c1-27-16-6-4-14-5-7-17(12-15(14)11-16)28-22(26)19-3-2-9-25(19)20-18-8-10-29-21(18)24-13-23-20/h4-8,10-13,19H,2-3,9H2,1H3. The van der Waals surface area contributed by atoms with E-state index >= 15 is 0 Å². The van der Waals surface area contributed by atoms with Gasteiger partial charge in [-0.15, -0.1) is 11.3 Å². The lowest BCUT2D eigenvalue weighted by molar-refractivity contribution is -0.135. The minimum Gasteiger partial charge on any atom is -0.497 e. The van der Waals surface area contributed by atoms with E-state index in [1.165, 1.54) is 0 Å². The third kappa shape index (κ3) is 3.27. The highest BCUT2D eigenvalue weighted by Gasteiger charge is 2.34. The summed E-state index contributed by atoms with van der Waals surface area (Å²) in [5, 5.41) is 5.01. The Balaban J connectivity index is 1.41. The lowest BCUT2D eigenvalue weighted by Gasteiger charge is -2.24. The average Bonchev–Trinajstić information content (AvgIpc) is 3.42. The fourth-order valence-electron chi connectivity index (χ4n) is 3.85. The van der Waals surface area contributed by atoms with Crippen LogP contribution >= 0.6 is 11.3 Å². The van der Waals surface area contributed by atoms with Crippen LogP contribution in [0.2, 0.25) is 0 Å². The summed E-state index contributed by atoms with van der Waals surface area (Å²) in [7, 11) is 1.64. The molecule has 1 saturated heterocycles. The maximum atomic E-state index is 13.0. The summed E-state index contributed by atoms with van der Waals surface area (Å²) in [6.07, 6.45) is 3.23. The molecule has 0 radical (unpaired) electrons. The lowest BCUT2D eigenvalue weighted by atomic mass is 10.1. The van der Waals surface area contributed by atoms with Crippen molar-refractivity contribution in [1.82, 2.24) is 9.97 Å².